The maximum atomic E-state index is 12.9. The number of nitrogens with zero attached hydrogens (tertiary/aromatic N) is 1. The molecule has 2 heterocycles. The molecule has 290 valence electrons. The fourth-order valence-electron chi connectivity index (χ4n) is 7.71. The van der Waals surface area contributed by atoms with Crippen molar-refractivity contribution in [3.63, 3.8) is 0 Å². The fraction of sp³-hybridized carbons (Fsp3) is 0.578. The van der Waals surface area contributed by atoms with Crippen LogP contribution in [0.15, 0.2) is 60.7 Å². The van der Waals surface area contributed by atoms with Crippen LogP contribution in [-0.2, 0) is 33.8 Å². The van der Waals surface area contributed by atoms with Crippen LogP contribution in [0.25, 0.3) is 0 Å². The van der Waals surface area contributed by atoms with Gasteiger partial charge in [0.1, 0.15) is 0 Å². The van der Waals surface area contributed by atoms with E-state index in [0.717, 1.165) is 72.8 Å². The third-order valence-electron chi connectivity index (χ3n) is 10.8. The SMILES string of the molecule is CCCCCCCCCCCCCCCC(=O)Nc1cccc(C2O[C@H](CN3CCc4cc(OC)c(OC)cc4C3)C[C@H](c3ccc(CO)cc3)O2)c1. The van der Waals surface area contributed by atoms with Crippen LogP contribution in [0.1, 0.15) is 143 Å². The number of anilines is 1. The number of carbonyl (C=O) groups excluding carboxylic acids is 1. The van der Waals surface area contributed by atoms with E-state index in [0.29, 0.717) is 12.8 Å². The van der Waals surface area contributed by atoms with Gasteiger partial charge in [-0.25, -0.2) is 0 Å². The Morgan fingerprint density at radius 1 is 0.792 bits per heavy atom. The molecule has 0 aromatic heterocycles. The molecule has 0 bridgehead atoms. The highest BCUT2D eigenvalue weighted by Gasteiger charge is 2.34. The lowest BCUT2D eigenvalue weighted by molar-refractivity contribution is -0.253. The second kappa shape index (κ2) is 22.1. The van der Waals surface area contributed by atoms with Crippen molar-refractivity contribution in [3.05, 3.63) is 88.5 Å². The Kier molecular flexibility index (Phi) is 17.0. The van der Waals surface area contributed by atoms with Crippen LogP contribution in [0, 0.1) is 0 Å². The van der Waals surface area contributed by atoms with Crippen molar-refractivity contribution in [2.24, 2.45) is 0 Å². The highest BCUT2D eigenvalue weighted by molar-refractivity contribution is 5.90. The van der Waals surface area contributed by atoms with Crippen molar-refractivity contribution in [1.82, 2.24) is 4.90 Å². The van der Waals surface area contributed by atoms with Gasteiger partial charge in [-0.05, 0) is 59.4 Å². The van der Waals surface area contributed by atoms with Gasteiger partial charge in [-0.3, -0.25) is 9.69 Å². The summed E-state index contributed by atoms with van der Waals surface area (Å²) in [4.78, 5) is 15.4. The lowest BCUT2D eigenvalue weighted by Crippen LogP contribution is -2.41. The lowest BCUT2D eigenvalue weighted by Gasteiger charge is -2.39. The monoisotopic (exact) mass is 728 g/mol. The van der Waals surface area contributed by atoms with E-state index >= 15 is 0 Å². The number of rotatable bonds is 22. The topological polar surface area (TPSA) is 89.5 Å². The molecule has 5 rings (SSSR count). The first kappa shape index (κ1) is 40.7. The number of amides is 1. The summed E-state index contributed by atoms with van der Waals surface area (Å²) >= 11 is 0. The number of ether oxygens (including phenoxy) is 4. The van der Waals surface area contributed by atoms with Crippen molar-refractivity contribution in [1.29, 1.82) is 0 Å². The van der Waals surface area contributed by atoms with Gasteiger partial charge in [-0.2, -0.15) is 0 Å². The van der Waals surface area contributed by atoms with Crippen molar-refractivity contribution in [2.45, 2.75) is 141 Å². The number of benzene rings is 3. The van der Waals surface area contributed by atoms with E-state index in [1.54, 1.807) is 14.2 Å². The maximum absolute atomic E-state index is 12.9. The Bertz CT molecular complexity index is 1530. The normalized spacial score (nSPS) is 18.8. The van der Waals surface area contributed by atoms with E-state index in [1.165, 1.54) is 81.8 Å². The Balaban J connectivity index is 1.13. The minimum atomic E-state index is -0.587. The van der Waals surface area contributed by atoms with Gasteiger partial charge in [0.2, 0.25) is 5.91 Å². The molecule has 0 aliphatic carbocycles. The van der Waals surface area contributed by atoms with Crippen LogP contribution in [-0.4, -0.2) is 49.3 Å². The number of hydrogen-bond acceptors (Lipinski definition) is 7. The smallest absolute Gasteiger partial charge is 0.224 e. The summed E-state index contributed by atoms with van der Waals surface area (Å²) in [7, 11) is 3.35. The van der Waals surface area contributed by atoms with Gasteiger partial charge in [-0.1, -0.05) is 120 Å². The number of nitrogens with one attached hydrogen (secondary N) is 1. The Morgan fingerprint density at radius 2 is 1.43 bits per heavy atom. The predicted molar refractivity (Wildman–Crippen MR) is 212 cm³/mol. The average Bonchev–Trinajstić information content (AvgIpc) is 3.19. The Labute approximate surface area is 318 Å². The molecule has 8 nitrogen and oxygen atoms in total. The maximum Gasteiger partial charge on any atom is 0.224 e. The summed E-state index contributed by atoms with van der Waals surface area (Å²) in [6, 6.07) is 20.1. The lowest BCUT2D eigenvalue weighted by atomic mass is 9.97. The van der Waals surface area contributed by atoms with Crippen LogP contribution >= 0.6 is 0 Å². The quantitative estimate of drug-likeness (QED) is 0.0996. The van der Waals surface area contributed by atoms with Crippen LogP contribution < -0.4 is 14.8 Å². The molecule has 53 heavy (non-hydrogen) atoms. The summed E-state index contributed by atoms with van der Waals surface area (Å²) in [6.07, 6.45) is 18.1. The second-order valence-electron chi connectivity index (χ2n) is 15.0. The molecular weight excluding hydrogens is 665 g/mol. The minimum absolute atomic E-state index is 0.00509. The summed E-state index contributed by atoms with van der Waals surface area (Å²) in [5.74, 6) is 1.57. The third-order valence-corrected chi connectivity index (χ3v) is 10.8. The molecule has 3 aromatic carbocycles. The molecule has 3 atom stereocenters. The van der Waals surface area contributed by atoms with Gasteiger partial charge in [0.05, 0.1) is 33.0 Å². The first-order valence-corrected chi connectivity index (χ1v) is 20.4. The Hall–Kier alpha value is -3.43. The van der Waals surface area contributed by atoms with E-state index < -0.39 is 6.29 Å². The van der Waals surface area contributed by atoms with Crippen LogP contribution in [0.5, 0.6) is 11.5 Å². The fourth-order valence-corrected chi connectivity index (χ4v) is 7.71. The summed E-state index contributed by atoms with van der Waals surface area (Å²) in [6.45, 7) is 4.76. The van der Waals surface area contributed by atoms with E-state index in [1.807, 2.05) is 48.5 Å². The summed E-state index contributed by atoms with van der Waals surface area (Å²) in [5.41, 5.74) is 6.11. The van der Waals surface area contributed by atoms with E-state index in [-0.39, 0.29) is 24.7 Å². The molecule has 3 aromatic rings. The number of aliphatic hydroxyl groups excluding tert-OH is 1. The highest BCUT2D eigenvalue weighted by Crippen LogP contribution is 2.40. The second-order valence-corrected chi connectivity index (χ2v) is 15.0. The Morgan fingerprint density at radius 3 is 2.08 bits per heavy atom. The van der Waals surface area contributed by atoms with Gasteiger partial charge in [0.15, 0.2) is 17.8 Å². The number of carbonyl (C=O) groups is 1. The van der Waals surface area contributed by atoms with Crippen LogP contribution in [0.3, 0.4) is 0 Å². The zero-order valence-corrected chi connectivity index (χ0v) is 32.6. The predicted octanol–water partition coefficient (Wildman–Crippen LogP) is 10.2. The van der Waals surface area contributed by atoms with Gasteiger partial charge >= 0.3 is 0 Å². The first-order valence-electron chi connectivity index (χ1n) is 20.4. The van der Waals surface area contributed by atoms with Gasteiger partial charge in [0.25, 0.3) is 0 Å². The van der Waals surface area contributed by atoms with E-state index in [4.69, 9.17) is 18.9 Å². The standard InChI is InChI=1S/C45H64N2O6/c1-4-5-6-7-8-9-10-11-12-13-14-15-16-20-44(49)46-39-19-17-18-37(27-39)45-52-40(30-41(53-45)35-23-21-34(33-48)22-24-35)32-47-26-25-36-28-42(50-2)43(51-3)29-38(36)31-47/h17-19,21-24,27-29,40-41,45,48H,4-16,20,25-26,30-33H2,1-3H3,(H,46,49)/t40-,41+,45?/m0/s1. The molecule has 1 fully saturated rings. The van der Waals surface area contributed by atoms with Gasteiger partial charge in [-0.15, -0.1) is 0 Å². The molecule has 2 aliphatic rings. The number of unbranched alkanes of at least 4 members (excludes halogenated alkanes) is 12. The summed E-state index contributed by atoms with van der Waals surface area (Å²) < 4.78 is 24.5. The molecule has 1 unspecified atom stereocenters. The molecule has 1 amide bonds. The van der Waals surface area contributed by atoms with E-state index in [2.05, 4.69) is 29.3 Å². The van der Waals surface area contributed by atoms with Crippen LogP contribution in [0.4, 0.5) is 5.69 Å². The van der Waals surface area contributed by atoms with Crippen LogP contribution in [0.2, 0.25) is 0 Å². The molecule has 0 radical (unpaired) electrons. The summed E-state index contributed by atoms with van der Waals surface area (Å²) in [5, 5.41) is 12.7. The number of aliphatic hydroxyl groups is 1. The molecule has 0 spiro atoms. The third kappa shape index (κ3) is 12.8. The van der Waals surface area contributed by atoms with Gasteiger partial charge in [0, 0.05) is 43.7 Å². The molecular formula is C45H64N2O6. The molecule has 2 aliphatic heterocycles. The minimum Gasteiger partial charge on any atom is -0.493 e. The zero-order chi connectivity index (χ0) is 37.3. The number of methoxy groups -OCH3 is 2. The molecule has 8 heteroatoms. The molecule has 2 N–H and O–H groups in total. The average molecular weight is 729 g/mol. The first-order chi connectivity index (χ1) is 26.0. The van der Waals surface area contributed by atoms with Crippen molar-refractivity contribution in [3.8, 4) is 11.5 Å². The van der Waals surface area contributed by atoms with Crippen molar-refractivity contribution < 1.29 is 28.8 Å². The number of hydrogen-bond donors (Lipinski definition) is 2. The largest absolute Gasteiger partial charge is 0.493 e. The van der Waals surface area contributed by atoms with Crippen molar-refractivity contribution in [2.75, 3.05) is 32.6 Å². The van der Waals surface area contributed by atoms with Gasteiger partial charge < -0.3 is 29.4 Å². The van der Waals surface area contributed by atoms with E-state index in [9.17, 15) is 9.90 Å². The molecule has 0 saturated carbocycles. The highest BCUT2D eigenvalue weighted by atomic mass is 16.7. The molecule has 1 saturated heterocycles. The van der Waals surface area contributed by atoms with Crippen molar-refractivity contribution >= 4 is 11.6 Å². The number of fused-ring (bicyclic) bond motifs is 1. The zero-order valence-electron chi connectivity index (χ0n) is 32.6.